The van der Waals surface area contributed by atoms with Crippen LogP contribution in [0.15, 0.2) is 24.3 Å². The van der Waals surface area contributed by atoms with Crippen LogP contribution in [-0.4, -0.2) is 33.7 Å². The minimum absolute atomic E-state index is 0.109. The third-order valence-electron chi connectivity index (χ3n) is 2.73. The average Bonchev–Trinajstić information content (AvgIpc) is 2.79. The van der Waals surface area contributed by atoms with Crippen LogP contribution < -0.4 is 5.73 Å². The summed E-state index contributed by atoms with van der Waals surface area (Å²) in [6, 6.07) is 6.03. The number of H-pyrrole nitrogens is 1. The zero-order valence-electron chi connectivity index (χ0n) is 10.0. The molecule has 19 heavy (non-hydrogen) atoms. The number of nitrogens with one attached hydrogen (secondary N) is 2. The zero-order valence-corrected chi connectivity index (χ0v) is 10.0. The Kier molecular flexibility index (Phi) is 2.91. The summed E-state index contributed by atoms with van der Waals surface area (Å²) in [4.78, 5) is 25.9. The van der Waals surface area contributed by atoms with E-state index in [4.69, 9.17) is 11.1 Å². The third kappa shape index (κ3) is 2.10. The summed E-state index contributed by atoms with van der Waals surface area (Å²) in [5, 5.41) is 18.6. The number of fused-ring (bicyclic) bond motifs is 1. The quantitative estimate of drug-likeness (QED) is 0.323. The maximum absolute atomic E-state index is 11.9. The maximum Gasteiger partial charge on any atom is 0.293 e. The number of nitrogens with zero attached hydrogens (tertiary/aromatic N) is 2. The number of nitrogens with two attached hydrogens (primary N) is 1. The molecule has 98 valence electrons. The fourth-order valence-corrected chi connectivity index (χ4v) is 1.70. The van der Waals surface area contributed by atoms with E-state index in [0.29, 0.717) is 5.39 Å². The van der Waals surface area contributed by atoms with Crippen molar-refractivity contribution < 1.29 is 9.72 Å². The fourth-order valence-electron chi connectivity index (χ4n) is 1.70. The molecule has 1 heterocycles. The molecule has 0 aliphatic carbocycles. The number of aromatic nitrogens is 1. The van der Waals surface area contributed by atoms with E-state index in [1.165, 1.54) is 25.2 Å². The van der Waals surface area contributed by atoms with Gasteiger partial charge in [-0.25, -0.2) is 0 Å². The van der Waals surface area contributed by atoms with Crippen molar-refractivity contribution in [2.75, 3.05) is 7.05 Å². The highest BCUT2D eigenvalue weighted by Crippen LogP contribution is 2.25. The molecule has 1 amide bonds. The van der Waals surface area contributed by atoms with Gasteiger partial charge in [-0.05, 0) is 6.07 Å². The van der Waals surface area contributed by atoms with Crippen molar-refractivity contribution >= 4 is 28.5 Å². The Bertz CT molecular complexity index is 691. The molecule has 0 atom stereocenters. The first-order valence-electron chi connectivity index (χ1n) is 5.30. The minimum atomic E-state index is -0.530. The van der Waals surface area contributed by atoms with Gasteiger partial charge in [-0.2, -0.15) is 0 Å². The van der Waals surface area contributed by atoms with Gasteiger partial charge in [0.1, 0.15) is 11.2 Å². The first-order valence-corrected chi connectivity index (χ1v) is 5.30. The van der Waals surface area contributed by atoms with Crippen molar-refractivity contribution in [1.29, 1.82) is 5.41 Å². The number of nitro groups is 1. The number of rotatable bonds is 2. The lowest BCUT2D eigenvalue weighted by Gasteiger charge is -2.12. The Hall–Kier alpha value is -2.90. The molecule has 1 aromatic heterocycles. The van der Waals surface area contributed by atoms with Crippen molar-refractivity contribution in [1.82, 2.24) is 9.88 Å². The van der Waals surface area contributed by atoms with Crippen LogP contribution in [0.2, 0.25) is 0 Å². The number of nitro benzene ring substituents is 1. The van der Waals surface area contributed by atoms with E-state index in [1.807, 2.05) is 0 Å². The summed E-state index contributed by atoms with van der Waals surface area (Å²) in [5.41, 5.74) is 5.52. The normalized spacial score (nSPS) is 10.4. The lowest BCUT2D eigenvalue weighted by Crippen LogP contribution is -2.38. The molecule has 0 spiro atoms. The zero-order chi connectivity index (χ0) is 14.2. The van der Waals surface area contributed by atoms with E-state index >= 15 is 0 Å². The summed E-state index contributed by atoms with van der Waals surface area (Å²) in [5.74, 6) is -0.934. The maximum atomic E-state index is 11.9. The molecule has 0 unspecified atom stereocenters. The molecule has 4 N–H and O–H groups in total. The van der Waals surface area contributed by atoms with Crippen LogP contribution in [0.4, 0.5) is 5.69 Å². The molecular weight excluding hydrogens is 250 g/mol. The highest BCUT2D eigenvalue weighted by Gasteiger charge is 2.19. The Balaban J connectivity index is 2.53. The number of non-ortho nitro benzene ring substituents is 1. The summed E-state index contributed by atoms with van der Waals surface area (Å²) < 4.78 is 0. The van der Waals surface area contributed by atoms with Crippen molar-refractivity contribution in [3.8, 4) is 0 Å². The number of hydrogen-bond donors (Lipinski definition) is 3. The molecule has 0 bridgehead atoms. The van der Waals surface area contributed by atoms with Gasteiger partial charge in [-0.15, -0.1) is 0 Å². The Morgan fingerprint density at radius 1 is 1.53 bits per heavy atom. The van der Waals surface area contributed by atoms with Gasteiger partial charge in [0.15, 0.2) is 5.96 Å². The van der Waals surface area contributed by atoms with Crippen LogP contribution in [0.3, 0.4) is 0 Å². The fraction of sp³-hybridized carbons (Fsp3) is 0.0909. The monoisotopic (exact) mass is 261 g/mol. The highest BCUT2D eigenvalue weighted by molar-refractivity contribution is 6.06. The number of amides is 1. The molecule has 0 aliphatic heterocycles. The summed E-state index contributed by atoms with van der Waals surface area (Å²) in [6.45, 7) is 0. The SMILES string of the molecule is CN(C(=N)N)C(=O)c1cc2cccc([N+](=O)[O-])c2[nH]1. The Labute approximate surface area is 107 Å². The molecule has 0 fully saturated rings. The molecule has 0 aliphatic rings. The molecule has 0 saturated heterocycles. The molecule has 8 nitrogen and oxygen atoms in total. The Morgan fingerprint density at radius 3 is 2.79 bits per heavy atom. The van der Waals surface area contributed by atoms with Crippen molar-refractivity contribution in [3.05, 3.63) is 40.1 Å². The summed E-state index contributed by atoms with van der Waals surface area (Å²) in [7, 11) is 1.35. The first kappa shape index (κ1) is 12.6. The topological polar surface area (TPSA) is 129 Å². The number of hydrogen-bond acceptors (Lipinski definition) is 4. The lowest BCUT2D eigenvalue weighted by molar-refractivity contribution is -0.383. The molecule has 8 heteroatoms. The number of aromatic amines is 1. The summed E-state index contributed by atoms with van der Waals surface area (Å²) in [6.07, 6.45) is 0. The minimum Gasteiger partial charge on any atom is -0.370 e. The third-order valence-corrected chi connectivity index (χ3v) is 2.73. The van der Waals surface area contributed by atoms with E-state index < -0.39 is 16.8 Å². The Morgan fingerprint density at radius 2 is 2.21 bits per heavy atom. The second kappa shape index (κ2) is 4.41. The van der Waals surface area contributed by atoms with Crippen molar-refractivity contribution in [2.24, 2.45) is 5.73 Å². The van der Waals surface area contributed by atoms with Crippen LogP contribution in [0, 0.1) is 15.5 Å². The van der Waals surface area contributed by atoms with Gasteiger partial charge in [0.25, 0.3) is 11.6 Å². The van der Waals surface area contributed by atoms with Gasteiger partial charge in [0.05, 0.1) is 4.92 Å². The molecule has 2 aromatic rings. The van der Waals surface area contributed by atoms with Crippen LogP contribution in [0.25, 0.3) is 10.9 Å². The first-order chi connectivity index (χ1) is 8.91. The molecule has 1 aromatic carbocycles. The highest BCUT2D eigenvalue weighted by atomic mass is 16.6. The lowest BCUT2D eigenvalue weighted by atomic mass is 10.2. The predicted molar refractivity (Wildman–Crippen MR) is 69.0 cm³/mol. The number of carbonyl (C=O) groups is 1. The van der Waals surface area contributed by atoms with Gasteiger partial charge in [-0.3, -0.25) is 25.2 Å². The van der Waals surface area contributed by atoms with Gasteiger partial charge in [-0.1, -0.05) is 12.1 Å². The van der Waals surface area contributed by atoms with E-state index in [0.717, 1.165) is 4.90 Å². The van der Waals surface area contributed by atoms with Crippen LogP contribution in [0.1, 0.15) is 10.5 Å². The number of carbonyl (C=O) groups excluding carboxylic acids is 1. The van der Waals surface area contributed by atoms with E-state index in [1.54, 1.807) is 6.07 Å². The standard InChI is InChI=1S/C11H11N5O3/c1-15(11(12)13)10(17)7-5-6-3-2-4-8(16(18)19)9(6)14-7/h2-5,14H,1H3,(H3,12,13). The summed E-state index contributed by atoms with van der Waals surface area (Å²) >= 11 is 0. The van der Waals surface area contributed by atoms with Crippen molar-refractivity contribution in [2.45, 2.75) is 0 Å². The smallest absolute Gasteiger partial charge is 0.293 e. The van der Waals surface area contributed by atoms with Crippen LogP contribution in [-0.2, 0) is 0 Å². The van der Waals surface area contributed by atoms with Gasteiger partial charge in [0, 0.05) is 18.5 Å². The average molecular weight is 261 g/mol. The predicted octanol–water partition coefficient (Wildman–Crippen LogP) is 1.04. The number of guanidine groups is 1. The number of benzene rings is 1. The number of para-hydroxylation sites is 1. The van der Waals surface area contributed by atoms with Crippen molar-refractivity contribution in [3.63, 3.8) is 0 Å². The van der Waals surface area contributed by atoms with E-state index in [2.05, 4.69) is 4.98 Å². The largest absolute Gasteiger partial charge is 0.370 e. The van der Waals surface area contributed by atoms with Gasteiger partial charge < -0.3 is 10.7 Å². The van der Waals surface area contributed by atoms with Crippen LogP contribution >= 0.6 is 0 Å². The molecule has 2 rings (SSSR count). The van der Waals surface area contributed by atoms with Gasteiger partial charge >= 0.3 is 0 Å². The molecule has 0 radical (unpaired) electrons. The van der Waals surface area contributed by atoms with E-state index in [9.17, 15) is 14.9 Å². The van der Waals surface area contributed by atoms with Gasteiger partial charge in [0.2, 0.25) is 0 Å². The van der Waals surface area contributed by atoms with Crippen LogP contribution in [0.5, 0.6) is 0 Å². The van der Waals surface area contributed by atoms with E-state index in [-0.39, 0.29) is 16.9 Å². The second-order valence-corrected chi connectivity index (χ2v) is 3.93. The second-order valence-electron chi connectivity index (χ2n) is 3.93. The molecular formula is C11H11N5O3. The molecule has 0 saturated carbocycles.